The van der Waals surface area contributed by atoms with Crippen molar-refractivity contribution in [2.45, 2.75) is 19.4 Å². The summed E-state index contributed by atoms with van der Waals surface area (Å²) in [4.78, 5) is 13.2. The van der Waals surface area contributed by atoms with Gasteiger partial charge >= 0.3 is 0 Å². The van der Waals surface area contributed by atoms with Crippen molar-refractivity contribution in [3.63, 3.8) is 0 Å². The predicted molar refractivity (Wildman–Crippen MR) is 50.7 cm³/mol. The Balaban J connectivity index is 1.82. The van der Waals surface area contributed by atoms with Crippen molar-refractivity contribution >= 4 is 0 Å². The molecule has 2 rings (SSSR count). The maximum Gasteiger partial charge on any atom is 0.264 e. The SMILES string of the molecule is O=c1ccn(CCN2CCCC2)[nH]1. The summed E-state index contributed by atoms with van der Waals surface area (Å²) < 4.78 is 1.85. The molecule has 13 heavy (non-hydrogen) atoms. The number of aromatic amines is 1. The van der Waals surface area contributed by atoms with Gasteiger partial charge in [0.1, 0.15) is 0 Å². The van der Waals surface area contributed by atoms with Gasteiger partial charge in [0.25, 0.3) is 5.56 Å². The molecule has 2 heterocycles. The van der Waals surface area contributed by atoms with Crippen LogP contribution in [0.3, 0.4) is 0 Å². The minimum Gasteiger partial charge on any atom is -0.301 e. The second-order valence-electron chi connectivity index (χ2n) is 3.53. The molecule has 0 saturated carbocycles. The highest BCUT2D eigenvalue weighted by atomic mass is 16.1. The molecular formula is C9H15N3O. The van der Waals surface area contributed by atoms with E-state index < -0.39 is 0 Å². The molecule has 0 unspecified atom stereocenters. The maximum atomic E-state index is 10.8. The fourth-order valence-electron chi connectivity index (χ4n) is 1.76. The van der Waals surface area contributed by atoms with Gasteiger partial charge in [-0.25, -0.2) is 0 Å². The molecule has 1 aliphatic rings. The van der Waals surface area contributed by atoms with Crippen LogP contribution in [0.1, 0.15) is 12.8 Å². The summed E-state index contributed by atoms with van der Waals surface area (Å²) in [6, 6.07) is 1.56. The third-order valence-corrected chi connectivity index (χ3v) is 2.52. The fourth-order valence-corrected chi connectivity index (χ4v) is 1.76. The fraction of sp³-hybridized carbons (Fsp3) is 0.667. The molecule has 1 aromatic heterocycles. The first kappa shape index (κ1) is 8.56. The molecule has 1 aromatic rings. The van der Waals surface area contributed by atoms with Crippen LogP contribution < -0.4 is 5.56 Å². The number of hydrogen-bond acceptors (Lipinski definition) is 2. The smallest absolute Gasteiger partial charge is 0.264 e. The van der Waals surface area contributed by atoms with Crippen molar-refractivity contribution in [1.29, 1.82) is 0 Å². The molecule has 0 radical (unpaired) electrons. The summed E-state index contributed by atoms with van der Waals surface area (Å²) in [5.41, 5.74) is -0.0126. The largest absolute Gasteiger partial charge is 0.301 e. The van der Waals surface area contributed by atoms with Crippen LogP contribution in [0, 0.1) is 0 Å². The van der Waals surface area contributed by atoms with E-state index in [1.165, 1.54) is 25.9 Å². The molecule has 0 atom stereocenters. The summed E-state index contributed by atoms with van der Waals surface area (Å²) >= 11 is 0. The van der Waals surface area contributed by atoms with Crippen LogP contribution >= 0.6 is 0 Å². The van der Waals surface area contributed by atoms with Gasteiger partial charge in [0.2, 0.25) is 0 Å². The van der Waals surface area contributed by atoms with Gasteiger partial charge < -0.3 is 4.90 Å². The monoisotopic (exact) mass is 181 g/mol. The van der Waals surface area contributed by atoms with Crippen molar-refractivity contribution in [2.75, 3.05) is 19.6 Å². The van der Waals surface area contributed by atoms with Gasteiger partial charge in [-0.15, -0.1) is 0 Å². The van der Waals surface area contributed by atoms with Crippen LogP contribution in [-0.2, 0) is 6.54 Å². The lowest BCUT2D eigenvalue weighted by Gasteiger charge is -2.13. The van der Waals surface area contributed by atoms with Gasteiger partial charge in [-0.3, -0.25) is 14.6 Å². The van der Waals surface area contributed by atoms with Gasteiger partial charge in [-0.2, -0.15) is 0 Å². The number of H-pyrrole nitrogens is 1. The Morgan fingerprint density at radius 1 is 1.31 bits per heavy atom. The van der Waals surface area contributed by atoms with Crippen LogP contribution in [0.5, 0.6) is 0 Å². The third kappa shape index (κ3) is 2.21. The molecule has 0 spiro atoms. The summed E-state index contributed by atoms with van der Waals surface area (Å²) in [7, 11) is 0. The van der Waals surface area contributed by atoms with Crippen LogP contribution in [-0.4, -0.2) is 34.3 Å². The summed E-state index contributed by atoms with van der Waals surface area (Å²) in [6.45, 7) is 4.36. The Morgan fingerprint density at radius 3 is 2.69 bits per heavy atom. The van der Waals surface area contributed by atoms with Crippen molar-refractivity contribution in [3.8, 4) is 0 Å². The lowest BCUT2D eigenvalue weighted by Crippen LogP contribution is -2.24. The number of rotatable bonds is 3. The van der Waals surface area contributed by atoms with E-state index in [9.17, 15) is 4.79 Å². The maximum absolute atomic E-state index is 10.8. The molecule has 4 nitrogen and oxygen atoms in total. The lowest BCUT2D eigenvalue weighted by atomic mass is 10.4. The number of nitrogens with zero attached hydrogens (tertiary/aromatic N) is 2. The summed E-state index contributed by atoms with van der Waals surface area (Å²) in [5.74, 6) is 0. The zero-order valence-corrected chi connectivity index (χ0v) is 7.70. The van der Waals surface area contributed by atoms with Crippen LogP contribution in [0.4, 0.5) is 0 Å². The third-order valence-electron chi connectivity index (χ3n) is 2.52. The second kappa shape index (κ2) is 3.79. The number of aromatic nitrogens is 2. The Hall–Kier alpha value is -1.03. The topological polar surface area (TPSA) is 41.0 Å². The second-order valence-corrected chi connectivity index (χ2v) is 3.53. The number of likely N-dealkylation sites (tertiary alicyclic amines) is 1. The first-order chi connectivity index (χ1) is 6.34. The Morgan fingerprint density at radius 2 is 2.08 bits per heavy atom. The van der Waals surface area contributed by atoms with E-state index in [0.717, 1.165) is 13.1 Å². The number of hydrogen-bond donors (Lipinski definition) is 1. The first-order valence-electron chi connectivity index (χ1n) is 4.82. The van der Waals surface area contributed by atoms with Gasteiger partial charge in [0, 0.05) is 18.8 Å². The quantitative estimate of drug-likeness (QED) is 0.727. The molecule has 0 bridgehead atoms. The summed E-state index contributed by atoms with van der Waals surface area (Å²) in [5, 5.41) is 2.73. The lowest BCUT2D eigenvalue weighted by molar-refractivity contribution is 0.315. The Bertz CT molecular complexity index is 309. The molecule has 1 fully saturated rings. The minimum absolute atomic E-state index is 0.0126. The predicted octanol–water partition coefficient (Wildman–Crippen LogP) is 0.272. The molecule has 0 aliphatic carbocycles. The molecule has 0 amide bonds. The molecule has 1 aliphatic heterocycles. The van der Waals surface area contributed by atoms with Crippen molar-refractivity contribution < 1.29 is 0 Å². The van der Waals surface area contributed by atoms with E-state index in [-0.39, 0.29) is 5.56 Å². The van der Waals surface area contributed by atoms with Crippen LogP contribution in [0.25, 0.3) is 0 Å². The van der Waals surface area contributed by atoms with Crippen molar-refractivity contribution in [2.24, 2.45) is 0 Å². The van der Waals surface area contributed by atoms with Gasteiger partial charge in [-0.05, 0) is 25.9 Å². The minimum atomic E-state index is -0.0126. The highest BCUT2D eigenvalue weighted by molar-refractivity contribution is 4.80. The van der Waals surface area contributed by atoms with E-state index in [1.54, 1.807) is 12.3 Å². The molecular weight excluding hydrogens is 166 g/mol. The molecule has 1 N–H and O–H groups in total. The zero-order valence-electron chi connectivity index (χ0n) is 7.70. The van der Waals surface area contributed by atoms with E-state index in [4.69, 9.17) is 0 Å². The molecule has 0 aromatic carbocycles. The van der Waals surface area contributed by atoms with Crippen LogP contribution in [0.2, 0.25) is 0 Å². The average Bonchev–Trinajstić information content (AvgIpc) is 2.71. The van der Waals surface area contributed by atoms with Crippen LogP contribution in [0.15, 0.2) is 17.1 Å². The summed E-state index contributed by atoms with van der Waals surface area (Å²) in [6.07, 6.45) is 4.45. The van der Waals surface area contributed by atoms with Crippen molar-refractivity contribution in [1.82, 2.24) is 14.7 Å². The van der Waals surface area contributed by atoms with Gasteiger partial charge in [-0.1, -0.05) is 0 Å². The van der Waals surface area contributed by atoms with Gasteiger partial charge in [0.05, 0.1) is 6.54 Å². The molecule has 4 heteroatoms. The molecule has 72 valence electrons. The highest BCUT2D eigenvalue weighted by Gasteiger charge is 2.10. The highest BCUT2D eigenvalue weighted by Crippen LogP contribution is 2.06. The zero-order chi connectivity index (χ0) is 9.10. The number of nitrogens with one attached hydrogen (secondary N) is 1. The Labute approximate surface area is 77.1 Å². The van der Waals surface area contributed by atoms with E-state index in [0.29, 0.717) is 0 Å². The van der Waals surface area contributed by atoms with E-state index in [2.05, 4.69) is 10.00 Å². The normalized spacial score (nSPS) is 18.2. The average molecular weight is 181 g/mol. The standard InChI is InChI=1S/C9H15N3O/c13-9-3-6-12(10-9)8-7-11-4-1-2-5-11/h3,6H,1-2,4-5,7-8H2,(H,10,13). The first-order valence-corrected chi connectivity index (χ1v) is 4.82. The van der Waals surface area contributed by atoms with E-state index in [1.807, 2.05) is 4.68 Å². The van der Waals surface area contributed by atoms with Gasteiger partial charge in [0.15, 0.2) is 0 Å². The van der Waals surface area contributed by atoms with Crippen molar-refractivity contribution in [3.05, 3.63) is 22.6 Å². The molecule has 1 saturated heterocycles. The van der Waals surface area contributed by atoms with E-state index >= 15 is 0 Å². The Kier molecular flexibility index (Phi) is 2.49.